The highest BCUT2D eigenvalue weighted by Gasteiger charge is 2.33. The summed E-state index contributed by atoms with van der Waals surface area (Å²) in [5.74, 6) is -1.37. The number of carbonyl (C=O) groups excluding carboxylic acids is 1. The molecule has 19 heavy (non-hydrogen) atoms. The topological polar surface area (TPSA) is 40.1 Å². The summed E-state index contributed by atoms with van der Waals surface area (Å²) in [5, 5.41) is 10.6. The maximum absolute atomic E-state index is 12.8. The largest absolute Gasteiger partial charge is 0.545 e. The number of halogens is 3. The zero-order chi connectivity index (χ0) is 14.0. The van der Waals surface area contributed by atoms with Crippen molar-refractivity contribution < 1.29 is 23.1 Å². The van der Waals surface area contributed by atoms with Gasteiger partial charge in [-0.3, -0.25) is 0 Å². The molecule has 0 aliphatic carbocycles. The number of hydrogen-bond acceptors (Lipinski definition) is 2. The summed E-state index contributed by atoms with van der Waals surface area (Å²) in [5.41, 5.74) is -0.512. The van der Waals surface area contributed by atoms with E-state index in [4.69, 9.17) is 0 Å². The van der Waals surface area contributed by atoms with Crippen LogP contribution in [0.3, 0.4) is 0 Å². The highest BCUT2D eigenvalue weighted by atomic mass is 19.4. The van der Waals surface area contributed by atoms with E-state index in [1.165, 1.54) is 42.5 Å². The van der Waals surface area contributed by atoms with Crippen LogP contribution in [-0.4, -0.2) is 5.97 Å². The van der Waals surface area contributed by atoms with Crippen LogP contribution in [0, 0.1) is 0 Å². The number of carboxylic acids is 1. The minimum atomic E-state index is -4.45. The number of carbonyl (C=O) groups is 1. The molecule has 0 radical (unpaired) electrons. The second-order valence-corrected chi connectivity index (χ2v) is 3.91. The quantitative estimate of drug-likeness (QED) is 0.837. The standard InChI is InChI=1S/C14H9F3O2/c15-14(16,17)12-4-2-1-3-11(12)9-5-7-10(8-6-9)13(18)19/h1-8H,(H,18,19)/p-1. The Labute approximate surface area is 107 Å². The first-order chi connectivity index (χ1) is 8.89. The van der Waals surface area contributed by atoms with Crippen molar-refractivity contribution >= 4 is 5.97 Å². The van der Waals surface area contributed by atoms with Gasteiger partial charge in [0.2, 0.25) is 0 Å². The van der Waals surface area contributed by atoms with E-state index in [9.17, 15) is 23.1 Å². The number of aromatic carboxylic acids is 1. The van der Waals surface area contributed by atoms with Gasteiger partial charge in [-0.05, 0) is 22.8 Å². The number of alkyl halides is 3. The average molecular weight is 265 g/mol. The van der Waals surface area contributed by atoms with E-state index < -0.39 is 17.7 Å². The molecule has 2 aromatic carbocycles. The van der Waals surface area contributed by atoms with Crippen LogP contribution in [0.15, 0.2) is 48.5 Å². The first kappa shape index (κ1) is 13.1. The molecule has 5 heteroatoms. The molecule has 0 aromatic heterocycles. The van der Waals surface area contributed by atoms with Gasteiger partial charge in [-0.1, -0.05) is 42.5 Å². The van der Waals surface area contributed by atoms with Crippen molar-refractivity contribution in [3.63, 3.8) is 0 Å². The van der Waals surface area contributed by atoms with Gasteiger partial charge >= 0.3 is 6.18 Å². The van der Waals surface area contributed by atoms with Crippen molar-refractivity contribution in [3.05, 3.63) is 59.7 Å². The lowest BCUT2D eigenvalue weighted by atomic mass is 9.98. The van der Waals surface area contributed by atoms with Gasteiger partial charge in [-0.15, -0.1) is 0 Å². The van der Waals surface area contributed by atoms with Crippen molar-refractivity contribution in [2.24, 2.45) is 0 Å². The van der Waals surface area contributed by atoms with Crippen molar-refractivity contribution in [2.75, 3.05) is 0 Å². The molecule has 0 unspecified atom stereocenters. The van der Waals surface area contributed by atoms with Crippen molar-refractivity contribution in [3.8, 4) is 11.1 Å². The maximum atomic E-state index is 12.8. The first-order valence-corrected chi connectivity index (χ1v) is 5.37. The summed E-state index contributed by atoms with van der Waals surface area (Å²) >= 11 is 0. The fourth-order valence-corrected chi connectivity index (χ4v) is 1.77. The van der Waals surface area contributed by atoms with Gasteiger partial charge in [-0.2, -0.15) is 13.2 Å². The third-order valence-electron chi connectivity index (χ3n) is 2.66. The zero-order valence-corrected chi connectivity index (χ0v) is 9.57. The Balaban J connectivity index is 2.50. The van der Waals surface area contributed by atoms with Crippen LogP contribution in [-0.2, 0) is 6.18 Å². The third kappa shape index (κ3) is 2.76. The Morgan fingerprint density at radius 3 is 2.05 bits per heavy atom. The van der Waals surface area contributed by atoms with E-state index in [0.29, 0.717) is 5.56 Å². The monoisotopic (exact) mass is 265 g/mol. The molecule has 98 valence electrons. The Bertz CT molecular complexity index is 601. The summed E-state index contributed by atoms with van der Waals surface area (Å²) in [6.45, 7) is 0. The third-order valence-corrected chi connectivity index (χ3v) is 2.66. The minimum absolute atomic E-state index is 0.0138. The highest BCUT2D eigenvalue weighted by Crippen LogP contribution is 2.36. The van der Waals surface area contributed by atoms with Crippen molar-refractivity contribution in [2.45, 2.75) is 6.18 Å². The lowest BCUT2D eigenvalue weighted by Gasteiger charge is -2.13. The number of hydrogen-bond donors (Lipinski definition) is 0. The van der Waals surface area contributed by atoms with E-state index in [1.807, 2.05) is 0 Å². The van der Waals surface area contributed by atoms with E-state index in [0.717, 1.165) is 6.07 Å². The normalized spacial score (nSPS) is 11.3. The van der Waals surface area contributed by atoms with Crippen LogP contribution < -0.4 is 5.11 Å². The lowest BCUT2D eigenvalue weighted by molar-refractivity contribution is -0.255. The van der Waals surface area contributed by atoms with Gasteiger partial charge in [0.05, 0.1) is 11.5 Å². The Morgan fingerprint density at radius 1 is 0.947 bits per heavy atom. The molecule has 2 aromatic rings. The maximum Gasteiger partial charge on any atom is 0.417 e. The van der Waals surface area contributed by atoms with Crippen LogP contribution >= 0.6 is 0 Å². The number of carboxylic acid groups (broad SMARTS) is 1. The summed E-state index contributed by atoms with van der Waals surface area (Å²) in [6, 6.07) is 10.2. The molecule has 0 spiro atoms. The van der Waals surface area contributed by atoms with Gasteiger partial charge in [0.15, 0.2) is 0 Å². The van der Waals surface area contributed by atoms with Gasteiger partial charge in [0, 0.05) is 0 Å². The van der Waals surface area contributed by atoms with E-state index in [2.05, 4.69) is 0 Å². The summed E-state index contributed by atoms with van der Waals surface area (Å²) in [6.07, 6.45) is -4.45. The van der Waals surface area contributed by atoms with Crippen LogP contribution in [0.2, 0.25) is 0 Å². The number of rotatable bonds is 2. The minimum Gasteiger partial charge on any atom is -0.545 e. The second-order valence-electron chi connectivity index (χ2n) is 3.91. The van der Waals surface area contributed by atoms with Gasteiger partial charge in [0.25, 0.3) is 0 Å². The molecular weight excluding hydrogens is 257 g/mol. The van der Waals surface area contributed by atoms with Crippen LogP contribution in [0.1, 0.15) is 15.9 Å². The van der Waals surface area contributed by atoms with E-state index >= 15 is 0 Å². The molecule has 0 N–H and O–H groups in total. The molecule has 2 rings (SSSR count). The fourth-order valence-electron chi connectivity index (χ4n) is 1.77. The molecule has 2 nitrogen and oxygen atoms in total. The molecular formula is C14H8F3O2-. The zero-order valence-electron chi connectivity index (χ0n) is 9.57. The second kappa shape index (κ2) is 4.76. The molecule has 0 amide bonds. The predicted octanol–water partition coefficient (Wildman–Crippen LogP) is 2.74. The van der Waals surface area contributed by atoms with E-state index in [-0.39, 0.29) is 11.1 Å². The Kier molecular flexibility index (Phi) is 3.29. The SMILES string of the molecule is O=C([O-])c1ccc(-c2ccccc2C(F)(F)F)cc1. The summed E-state index contributed by atoms with van der Waals surface area (Å²) in [4.78, 5) is 10.6. The Hall–Kier alpha value is -2.30. The van der Waals surface area contributed by atoms with Crippen LogP contribution in [0.25, 0.3) is 11.1 Å². The molecule has 0 aliphatic heterocycles. The van der Waals surface area contributed by atoms with Gasteiger partial charge in [-0.25, -0.2) is 0 Å². The molecule has 0 bridgehead atoms. The molecule has 0 fully saturated rings. The predicted molar refractivity (Wildman–Crippen MR) is 61.2 cm³/mol. The smallest absolute Gasteiger partial charge is 0.417 e. The highest BCUT2D eigenvalue weighted by molar-refractivity contribution is 5.86. The summed E-state index contributed by atoms with van der Waals surface area (Å²) < 4.78 is 38.5. The molecule has 0 saturated carbocycles. The van der Waals surface area contributed by atoms with Crippen molar-refractivity contribution in [1.29, 1.82) is 0 Å². The van der Waals surface area contributed by atoms with E-state index in [1.54, 1.807) is 0 Å². The molecule has 0 atom stereocenters. The average Bonchev–Trinajstić information content (AvgIpc) is 2.38. The first-order valence-electron chi connectivity index (χ1n) is 5.37. The van der Waals surface area contributed by atoms with Crippen molar-refractivity contribution in [1.82, 2.24) is 0 Å². The lowest BCUT2D eigenvalue weighted by Crippen LogP contribution is -2.21. The Morgan fingerprint density at radius 2 is 1.53 bits per heavy atom. The molecule has 0 aliphatic rings. The number of benzene rings is 2. The van der Waals surface area contributed by atoms with Crippen LogP contribution in [0.4, 0.5) is 13.2 Å². The fraction of sp³-hybridized carbons (Fsp3) is 0.0714. The molecule has 0 heterocycles. The van der Waals surface area contributed by atoms with Crippen LogP contribution in [0.5, 0.6) is 0 Å². The molecule has 0 saturated heterocycles. The summed E-state index contributed by atoms with van der Waals surface area (Å²) in [7, 11) is 0. The van der Waals surface area contributed by atoms with Gasteiger partial charge < -0.3 is 9.90 Å². The van der Waals surface area contributed by atoms with Gasteiger partial charge in [0.1, 0.15) is 0 Å².